The van der Waals surface area contributed by atoms with Crippen molar-refractivity contribution >= 4 is 16.3 Å². The number of allylic oxidation sites excluding steroid dienone is 4. The predicted octanol–water partition coefficient (Wildman–Crippen LogP) is 2.87. The van der Waals surface area contributed by atoms with Crippen LogP contribution in [0.2, 0.25) is 0 Å². The molecule has 0 radical (unpaired) electrons. The van der Waals surface area contributed by atoms with E-state index in [0.717, 1.165) is 15.8 Å². The molecule has 0 bridgehead atoms. The Morgan fingerprint density at radius 3 is 2.05 bits per heavy atom. The first-order valence-electron chi connectivity index (χ1n) is 6.53. The van der Waals surface area contributed by atoms with Crippen LogP contribution in [0.3, 0.4) is 0 Å². The van der Waals surface area contributed by atoms with Crippen LogP contribution in [0.5, 0.6) is 0 Å². The molecule has 0 saturated carbocycles. The number of likely N-dealkylation sites (N-methyl/N-ethyl adjacent to an activating group) is 1. The summed E-state index contributed by atoms with van der Waals surface area (Å²) < 4.78 is 0.924. The van der Waals surface area contributed by atoms with E-state index < -0.39 is 0 Å². The minimum absolute atomic E-state index is 0.924. The quantitative estimate of drug-likeness (QED) is 0.792. The summed E-state index contributed by atoms with van der Waals surface area (Å²) in [6.07, 6.45) is 8.38. The van der Waals surface area contributed by atoms with Gasteiger partial charge in [-0.05, 0) is 0 Å². The molecule has 0 spiro atoms. The molecule has 0 amide bonds. The zero-order chi connectivity index (χ0) is 14.7. The van der Waals surface area contributed by atoms with Crippen molar-refractivity contribution in [2.75, 3.05) is 33.1 Å². The van der Waals surface area contributed by atoms with E-state index in [1.807, 2.05) is 28.2 Å². The molecule has 0 fully saturated rings. The number of hydrogen-bond donors (Lipinski definition) is 0. The Hall–Kier alpha value is -1.60. The van der Waals surface area contributed by atoms with Gasteiger partial charge in [0.2, 0.25) is 0 Å². The standard InChI is InChI=1S/C17H20N2.Ni/c1-18(2)16-9-5-14(6-10-16)13-15-7-11-17(12-8-15)19(3)4;/h5-7,9-13H,1-4H3;/b15-13-;. The van der Waals surface area contributed by atoms with Crippen molar-refractivity contribution in [2.45, 2.75) is 0 Å². The molecule has 1 aromatic carbocycles. The van der Waals surface area contributed by atoms with E-state index in [1.165, 1.54) is 11.3 Å². The van der Waals surface area contributed by atoms with Crippen LogP contribution in [0.25, 0.3) is 6.08 Å². The summed E-state index contributed by atoms with van der Waals surface area (Å²) in [7, 11) is 8.14. The van der Waals surface area contributed by atoms with Crippen molar-refractivity contribution in [1.82, 2.24) is 4.90 Å². The van der Waals surface area contributed by atoms with Gasteiger partial charge in [0.25, 0.3) is 0 Å². The first-order chi connectivity index (χ1) is 9.47. The molecule has 1 aromatic rings. The number of rotatable bonds is 3. The number of anilines is 1. The maximum absolute atomic E-state index is 5.13. The van der Waals surface area contributed by atoms with Crippen LogP contribution in [0.4, 0.5) is 5.69 Å². The van der Waals surface area contributed by atoms with Gasteiger partial charge in [0.15, 0.2) is 0 Å². The second-order valence-corrected chi connectivity index (χ2v) is 5.73. The van der Waals surface area contributed by atoms with Crippen LogP contribution >= 0.6 is 0 Å². The Kier molecular flexibility index (Phi) is 4.62. The zero-order valence-corrected chi connectivity index (χ0v) is 13.3. The van der Waals surface area contributed by atoms with E-state index in [9.17, 15) is 0 Å². The van der Waals surface area contributed by atoms with Crippen LogP contribution in [0, 0.1) is 0 Å². The molecule has 0 saturated heterocycles. The average Bonchev–Trinajstić information content (AvgIpc) is 2.41. The topological polar surface area (TPSA) is 6.48 Å². The third kappa shape index (κ3) is 3.49. The van der Waals surface area contributed by atoms with Crippen molar-refractivity contribution < 1.29 is 15.0 Å². The molecule has 0 N–H and O–H groups in total. The molecule has 2 nitrogen and oxygen atoms in total. The van der Waals surface area contributed by atoms with E-state index >= 15 is 0 Å². The Labute approximate surface area is 129 Å². The van der Waals surface area contributed by atoms with E-state index in [0.29, 0.717) is 0 Å². The summed E-state index contributed by atoms with van der Waals surface area (Å²) in [5.41, 5.74) is 4.62. The first kappa shape index (κ1) is 14.8. The molecule has 108 valence electrons. The van der Waals surface area contributed by atoms with Crippen LogP contribution in [-0.2, 0) is 15.0 Å². The first-order valence-corrected chi connectivity index (χ1v) is 7.02. The molecule has 20 heavy (non-hydrogen) atoms. The minimum atomic E-state index is 0.924. The fraction of sp³-hybridized carbons (Fsp3) is 0.235. The molecule has 0 aliphatic heterocycles. The van der Waals surface area contributed by atoms with Crippen molar-refractivity contribution in [3.8, 4) is 0 Å². The van der Waals surface area contributed by atoms with Gasteiger partial charge in [-0.15, -0.1) is 0 Å². The van der Waals surface area contributed by atoms with E-state index in [2.05, 4.69) is 58.4 Å². The third-order valence-electron chi connectivity index (χ3n) is 3.21. The fourth-order valence-corrected chi connectivity index (χ4v) is 2.24. The molecular weight excluding hydrogens is 291 g/mol. The molecule has 0 heterocycles. The summed E-state index contributed by atoms with van der Waals surface area (Å²) >= 11 is 5.13. The van der Waals surface area contributed by atoms with Crippen molar-refractivity contribution in [3.05, 3.63) is 59.3 Å². The Bertz CT molecular complexity index is 590. The number of nitrogens with zero attached hydrogens (tertiary/aromatic N) is 2. The second kappa shape index (κ2) is 6.24. The summed E-state index contributed by atoms with van der Waals surface area (Å²) in [5.74, 6) is 0. The van der Waals surface area contributed by atoms with Crippen LogP contribution in [0.15, 0.2) is 53.8 Å². The molecule has 0 unspecified atom stereocenters. The SMILES string of the molecule is CN(C)C1=C[C](=[Ni])/C(=C\c2ccc(N(C)C)cc2)C=C1. The van der Waals surface area contributed by atoms with Crippen LogP contribution < -0.4 is 4.90 Å². The van der Waals surface area contributed by atoms with Gasteiger partial charge in [0.1, 0.15) is 0 Å². The van der Waals surface area contributed by atoms with E-state index in [1.54, 1.807) is 0 Å². The van der Waals surface area contributed by atoms with Crippen molar-refractivity contribution in [1.29, 1.82) is 0 Å². The molecule has 1 aliphatic carbocycles. The van der Waals surface area contributed by atoms with Gasteiger partial charge in [-0.2, -0.15) is 0 Å². The fourth-order valence-electron chi connectivity index (χ4n) is 1.94. The van der Waals surface area contributed by atoms with Gasteiger partial charge < -0.3 is 0 Å². The maximum atomic E-state index is 5.13. The molecule has 0 atom stereocenters. The molecule has 3 heteroatoms. The van der Waals surface area contributed by atoms with Crippen molar-refractivity contribution in [2.24, 2.45) is 0 Å². The normalized spacial score (nSPS) is 16.4. The molecule has 2 rings (SSSR count). The van der Waals surface area contributed by atoms with Gasteiger partial charge >= 0.3 is 129 Å². The van der Waals surface area contributed by atoms with Gasteiger partial charge in [-0.1, -0.05) is 0 Å². The molecular formula is C17H20N2Ni. The second-order valence-electron chi connectivity index (χ2n) is 5.20. The Balaban J connectivity index is 2.21. The summed E-state index contributed by atoms with van der Waals surface area (Å²) in [5, 5.41) is 0. The zero-order valence-electron chi connectivity index (χ0n) is 12.3. The summed E-state index contributed by atoms with van der Waals surface area (Å²) in [6, 6.07) is 8.47. The average molecular weight is 311 g/mol. The third-order valence-corrected chi connectivity index (χ3v) is 3.63. The summed E-state index contributed by atoms with van der Waals surface area (Å²) in [6.45, 7) is 0. The van der Waals surface area contributed by atoms with Gasteiger partial charge in [-0.3, -0.25) is 0 Å². The van der Waals surface area contributed by atoms with Gasteiger partial charge in [0.05, 0.1) is 0 Å². The van der Waals surface area contributed by atoms with Gasteiger partial charge in [0, 0.05) is 0 Å². The number of hydrogen-bond acceptors (Lipinski definition) is 2. The Morgan fingerprint density at radius 2 is 1.55 bits per heavy atom. The molecule has 1 aliphatic rings. The van der Waals surface area contributed by atoms with Crippen molar-refractivity contribution in [3.63, 3.8) is 0 Å². The predicted molar refractivity (Wildman–Crippen MR) is 84.7 cm³/mol. The van der Waals surface area contributed by atoms with Gasteiger partial charge in [-0.25, -0.2) is 0 Å². The monoisotopic (exact) mass is 310 g/mol. The summed E-state index contributed by atoms with van der Waals surface area (Å²) in [4.78, 5) is 4.16. The number of benzene rings is 1. The van der Waals surface area contributed by atoms with Crippen LogP contribution in [-0.4, -0.2) is 37.6 Å². The van der Waals surface area contributed by atoms with E-state index in [-0.39, 0.29) is 0 Å². The van der Waals surface area contributed by atoms with E-state index in [4.69, 9.17) is 15.0 Å². The Morgan fingerprint density at radius 1 is 0.900 bits per heavy atom. The molecule has 0 aromatic heterocycles. The van der Waals surface area contributed by atoms with Crippen LogP contribution in [0.1, 0.15) is 5.56 Å².